The Morgan fingerprint density at radius 3 is 2.63 bits per heavy atom. The van der Waals surface area contributed by atoms with E-state index >= 15 is 0 Å². The molecule has 0 bridgehead atoms. The van der Waals surface area contributed by atoms with Gasteiger partial charge in [-0.2, -0.15) is 0 Å². The molecule has 2 aromatic carbocycles. The van der Waals surface area contributed by atoms with Gasteiger partial charge in [0.2, 0.25) is 5.91 Å². The number of para-hydroxylation sites is 1. The third-order valence-corrected chi connectivity index (χ3v) is 5.29. The van der Waals surface area contributed by atoms with Gasteiger partial charge in [-0.1, -0.05) is 41.9 Å². The number of aryl methyl sites for hydroxylation is 1. The standard InChI is InChI=1S/C22H20ClFN2O/c1-14-3-2-4-17-11-18(21(23)25-20(14)17)13-26(22(27)16-7-8-16)12-15-5-9-19(24)10-6-15/h2-6,9-11,16H,7-8,12-13H2,1H3. The Morgan fingerprint density at radius 2 is 1.93 bits per heavy atom. The number of pyridine rings is 1. The predicted octanol–water partition coefficient (Wildman–Crippen LogP) is 5.27. The Kier molecular flexibility index (Phi) is 4.83. The largest absolute Gasteiger partial charge is 0.334 e. The molecule has 1 fully saturated rings. The number of benzene rings is 2. The first-order valence-electron chi connectivity index (χ1n) is 9.09. The predicted molar refractivity (Wildman–Crippen MR) is 105 cm³/mol. The quantitative estimate of drug-likeness (QED) is 0.563. The van der Waals surface area contributed by atoms with E-state index in [1.165, 1.54) is 12.1 Å². The van der Waals surface area contributed by atoms with Crippen molar-refractivity contribution in [1.29, 1.82) is 0 Å². The average molecular weight is 383 g/mol. The fourth-order valence-electron chi connectivity index (χ4n) is 3.30. The van der Waals surface area contributed by atoms with E-state index in [-0.39, 0.29) is 17.6 Å². The van der Waals surface area contributed by atoms with Gasteiger partial charge in [-0.05, 0) is 49.1 Å². The molecular formula is C22H20ClFN2O. The summed E-state index contributed by atoms with van der Waals surface area (Å²) >= 11 is 6.44. The molecule has 0 unspecified atom stereocenters. The van der Waals surface area contributed by atoms with Gasteiger partial charge in [-0.15, -0.1) is 0 Å². The van der Waals surface area contributed by atoms with Crippen LogP contribution in [0.3, 0.4) is 0 Å². The van der Waals surface area contributed by atoms with Crippen molar-refractivity contribution in [3.8, 4) is 0 Å². The van der Waals surface area contributed by atoms with E-state index in [0.29, 0.717) is 18.2 Å². The molecule has 1 aliphatic rings. The number of amides is 1. The Balaban J connectivity index is 1.64. The molecule has 0 radical (unpaired) electrons. The molecule has 3 nitrogen and oxygen atoms in total. The van der Waals surface area contributed by atoms with Gasteiger partial charge in [0.25, 0.3) is 0 Å². The van der Waals surface area contributed by atoms with Gasteiger partial charge in [0.05, 0.1) is 5.52 Å². The van der Waals surface area contributed by atoms with Crippen LogP contribution in [0.1, 0.15) is 29.5 Å². The lowest BCUT2D eigenvalue weighted by molar-refractivity contribution is -0.133. The number of aromatic nitrogens is 1. The monoisotopic (exact) mass is 382 g/mol. The molecule has 0 atom stereocenters. The minimum atomic E-state index is -0.282. The van der Waals surface area contributed by atoms with Crippen LogP contribution in [0.2, 0.25) is 5.15 Å². The number of hydrogen-bond donors (Lipinski definition) is 0. The normalized spacial score (nSPS) is 13.7. The Bertz CT molecular complexity index is 999. The summed E-state index contributed by atoms with van der Waals surface area (Å²) in [6.45, 7) is 2.82. The number of fused-ring (bicyclic) bond motifs is 1. The Morgan fingerprint density at radius 1 is 1.19 bits per heavy atom. The third-order valence-electron chi connectivity index (χ3n) is 4.96. The van der Waals surface area contributed by atoms with Crippen molar-refractivity contribution in [1.82, 2.24) is 9.88 Å². The third kappa shape index (κ3) is 3.96. The lowest BCUT2D eigenvalue weighted by atomic mass is 10.1. The van der Waals surface area contributed by atoms with Crippen LogP contribution >= 0.6 is 11.6 Å². The molecule has 1 heterocycles. The second-order valence-electron chi connectivity index (χ2n) is 7.18. The molecule has 27 heavy (non-hydrogen) atoms. The van der Waals surface area contributed by atoms with E-state index in [1.54, 1.807) is 17.0 Å². The van der Waals surface area contributed by atoms with E-state index < -0.39 is 0 Å². The van der Waals surface area contributed by atoms with Gasteiger partial charge in [-0.3, -0.25) is 4.79 Å². The van der Waals surface area contributed by atoms with Crippen LogP contribution in [0.4, 0.5) is 4.39 Å². The molecule has 0 saturated heterocycles. The van der Waals surface area contributed by atoms with E-state index in [2.05, 4.69) is 4.98 Å². The summed E-state index contributed by atoms with van der Waals surface area (Å²) in [4.78, 5) is 19.1. The van der Waals surface area contributed by atoms with Crippen LogP contribution in [0.5, 0.6) is 0 Å². The van der Waals surface area contributed by atoms with E-state index in [1.807, 2.05) is 31.2 Å². The fraction of sp³-hybridized carbons (Fsp3) is 0.273. The van der Waals surface area contributed by atoms with Crippen molar-refractivity contribution in [3.63, 3.8) is 0 Å². The number of halogens is 2. The maximum absolute atomic E-state index is 13.2. The van der Waals surface area contributed by atoms with Crippen LogP contribution < -0.4 is 0 Å². The number of carbonyl (C=O) groups excluding carboxylic acids is 1. The van der Waals surface area contributed by atoms with Crippen LogP contribution in [0.25, 0.3) is 10.9 Å². The number of rotatable bonds is 5. The SMILES string of the molecule is Cc1cccc2cc(CN(Cc3ccc(F)cc3)C(=O)C3CC3)c(Cl)nc12. The molecule has 1 aliphatic carbocycles. The molecule has 0 N–H and O–H groups in total. The zero-order chi connectivity index (χ0) is 19.0. The van der Waals surface area contributed by atoms with E-state index in [9.17, 15) is 9.18 Å². The molecule has 4 rings (SSSR count). The van der Waals surface area contributed by atoms with Crippen LogP contribution in [-0.2, 0) is 17.9 Å². The molecule has 5 heteroatoms. The summed E-state index contributed by atoms with van der Waals surface area (Å²) in [7, 11) is 0. The number of hydrogen-bond acceptors (Lipinski definition) is 2. The minimum absolute atomic E-state index is 0.0971. The topological polar surface area (TPSA) is 33.2 Å². The van der Waals surface area contributed by atoms with Crippen LogP contribution in [0.15, 0.2) is 48.5 Å². The van der Waals surface area contributed by atoms with Gasteiger partial charge in [0, 0.05) is 30.0 Å². The molecule has 0 spiro atoms. The fourth-order valence-corrected chi connectivity index (χ4v) is 3.49. The summed E-state index contributed by atoms with van der Waals surface area (Å²) in [6, 6.07) is 14.3. The second kappa shape index (κ2) is 7.28. The minimum Gasteiger partial charge on any atom is -0.334 e. The van der Waals surface area contributed by atoms with Crippen molar-refractivity contribution >= 4 is 28.4 Å². The highest BCUT2D eigenvalue weighted by Gasteiger charge is 2.33. The molecular weight excluding hydrogens is 363 g/mol. The lowest BCUT2D eigenvalue weighted by Crippen LogP contribution is -2.31. The average Bonchev–Trinajstić information content (AvgIpc) is 3.49. The zero-order valence-corrected chi connectivity index (χ0v) is 15.8. The van der Waals surface area contributed by atoms with Crippen LogP contribution in [0, 0.1) is 18.7 Å². The number of carbonyl (C=O) groups is 1. The summed E-state index contributed by atoms with van der Waals surface area (Å²) in [5.41, 5.74) is 3.67. The first kappa shape index (κ1) is 17.9. The highest BCUT2D eigenvalue weighted by molar-refractivity contribution is 6.30. The van der Waals surface area contributed by atoms with Crippen LogP contribution in [-0.4, -0.2) is 15.8 Å². The molecule has 1 amide bonds. The van der Waals surface area contributed by atoms with E-state index in [0.717, 1.165) is 40.4 Å². The van der Waals surface area contributed by atoms with Crippen molar-refractivity contribution in [2.24, 2.45) is 5.92 Å². The molecule has 1 saturated carbocycles. The smallest absolute Gasteiger partial charge is 0.226 e. The first-order valence-corrected chi connectivity index (χ1v) is 9.47. The summed E-state index contributed by atoms with van der Waals surface area (Å²) in [5.74, 6) is -0.0597. The second-order valence-corrected chi connectivity index (χ2v) is 7.54. The van der Waals surface area contributed by atoms with Gasteiger partial charge in [-0.25, -0.2) is 9.37 Å². The number of nitrogens with zero attached hydrogens (tertiary/aromatic N) is 2. The summed E-state index contributed by atoms with van der Waals surface area (Å²) in [6.07, 6.45) is 1.86. The molecule has 1 aromatic heterocycles. The Hall–Kier alpha value is -2.46. The first-order chi connectivity index (χ1) is 13.0. The lowest BCUT2D eigenvalue weighted by Gasteiger charge is -2.24. The van der Waals surface area contributed by atoms with Gasteiger partial charge in [0.15, 0.2) is 0 Å². The summed E-state index contributed by atoms with van der Waals surface area (Å²) < 4.78 is 13.2. The van der Waals surface area contributed by atoms with Gasteiger partial charge < -0.3 is 4.90 Å². The maximum atomic E-state index is 13.2. The van der Waals surface area contributed by atoms with Crippen molar-refractivity contribution < 1.29 is 9.18 Å². The van der Waals surface area contributed by atoms with Gasteiger partial charge >= 0.3 is 0 Å². The molecule has 138 valence electrons. The highest BCUT2D eigenvalue weighted by atomic mass is 35.5. The maximum Gasteiger partial charge on any atom is 0.226 e. The van der Waals surface area contributed by atoms with Crippen molar-refractivity contribution in [2.45, 2.75) is 32.9 Å². The summed E-state index contributed by atoms with van der Waals surface area (Å²) in [5, 5.41) is 1.43. The zero-order valence-electron chi connectivity index (χ0n) is 15.1. The molecule has 0 aliphatic heterocycles. The molecule has 3 aromatic rings. The van der Waals surface area contributed by atoms with Gasteiger partial charge in [0.1, 0.15) is 11.0 Å². The van der Waals surface area contributed by atoms with Crippen molar-refractivity contribution in [3.05, 3.63) is 76.2 Å². The van der Waals surface area contributed by atoms with Crippen molar-refractivity contribution in [2.75, 3.05) is 0 Å². The highest BCUT2D eigenvalue weighted by Crippen LogP contribution is 2.33. The Labute approximate surface area is 162 Å². The van der Waals surface area contributed by atoms with E-state index in [4.69, 9.17) is 11.6 Å².